The first kappa shape index (κ1) is 12.4. The van der Waals surface area contributed by atoms with E-state index in [0.717, 1.165) is 0 Å². The summed E-state index contributed by atoms with van der Waals surface area (Å²) in [5.41, 5.74) is 1.81. The standard InChI is InChI=1S/C12H11ClN4O/c1-8-11(13)15-6-10(17-8)7-16-12(18)9-3-2-4-14-5-9/h2-6H,7H2,1H3,(H,16,18). The zero-order valence-electron chi connectivity index (χ0n) is 9.72. The van der Waals surface area contributed by atoms with E-state index < -0.39 is 0 Å². The topological polar surface area (TPSA) is 67.8 Å². The average Bonchev–Trinajstić information content (AvgIpc) is 2.41. The predicted molar refractivity (Wildman–Crippen MR) is 67.2 cm³/mol. The summed E-state index contributed by atoms with van der Waals surface area (Å²) in [6, 6.07) is 3.41. The van der Waals surface area contributed by atoms with Gasteiger partial charge in [-0.3, -0.25) is 14.8 Å². The molecule has 2 aromatic rings. The van der Waals surface area contributed by atoms with E-state index in [2.05, 4.69) is 20.3 Å². The van der Waals surface area contributed by atoms with Crippen molar-refractivity contribution in [3.8, 4) is 0 Å². The summed E-state index contributed by atoms with van der Waals surface area (Å²) in [7, 11) is 0. The van der Waals surface area contributed by atoms with E-state index in [0.29, 0.717) is 28.6 Å². The third-order valence-corrected chi connectivity index (χ3v) is 2.66. The van der Waals surface area contributed by atoms with Crippen molar-refractivity contribution in [1.82, 2.24) is 20.3 Å². The van der Waals surface area contributed by atoms with Gasteiger partial charge in [0, 0.05) is 12.4 Å². The number of amides is 1. The third kappa shape index (κ3) is 3.01. The van der Waals surface area contributed by atoms with Crippen LogP contribution in [0.4, 0.5) is 0 Å². The molecule has 2 rings (SSSR count). The first-order valence-corrected chi connectivity index (χ1v) is 5.71. The second-order valence-corrected chi connectivity index (χ2v) is 4.02. The molecule has 2 aromatic heterocycles. The lowest BCUT2D eigenvalue weighted by Crippen LogP contribution is -2.23. The van der Waals surface area contributed by atoms with Gasteiger partial charge < -0.3 is 5.32 Å². The van der Waals surface area contributed by atoms with Crippen LogP contribution in [0, 0.1) is 6.92 Å². The second-order valence-electron chi connectivity index (χ2n) is 3.66. The van der Waals surface area contributed by atoms with Crippen molar-refractivity contribution in [2.75, 3.05) is 0 Å². The van der Waals surface area contributed by atoms with Gasteiger partial charge in [-0.2, -0.15) is 0 Å². The molecule has 5 nitrogen and oxygen atoms in total. The predicted octanol–water partition coefficient (Wildman–Crippen LogP) is 1.76. The highest BCUT2D eigenvalue weighted by Gasteiger charge is 2.06. The van der Waals surface area contributed by atoms with Gasteiger partial charge in [0.05, 0.1) is 29.7 Å². The number of carbonyl (C=O) groups is 1. The van der Waals surface area contributed by atoms with Crippen LogP contribution in [0.15, 0.2) is 30.7 Å². The highest BCUT2D eigenvalue weighted by atomic mass is 35.5. The zero-order valence-corrected chi connectivity index (χ0v) is 10.5. The molecule has 0 aromatic carbocycles. The van der Waals surface area contributed by atoms with Crippen LogP contribution in [0.5, 0.6) is 0 Å². The van der Waals surface area contributed by atoms with Gasteiger partial charge in [0.15, 0.2) is 0 Å². The van der Waals surface area contributed by atoms with Gasteiger partial charge in [-0.15, -0.1) is 0 Å². The van der Waals surface area contributed by atoms with E-state index in [1.54, 1.807) is 31.5 Å². The maximum atomic E-state index is 11.7. The number of aromatic nitrogens is 3. The van der Waals surface area contributed by atoms with Crippen molar-refractivity contribution in [2.45, 2.75) is 13.5 Å². The summed E-state index contributed by atoms with van der Waals surface area (Å²) in [5, 5.41) is 3.11. The Balaban J connectivity index is 1.99. The second kappa shape index (κ2) is 5.55. The first-order valence-electron chi connectivity index (χ1n) is 5.33. The van der Waals surface area contributed by atoms with Crippen LogP contribution in [-0.2, 0) is 6.54 Å². The van der Waals surface area contributed by atoms with Crippen molar-refractivity contribution < 1.29 is 4.79 Å². The molecule has 0 radical (unpaired) electrons. The molecule has 0 unspecified atom stereocenters. The number of nitrogens with zero attached hydrogens (tertiary/aromatic N) is 3. The molecule has 0 bridgehead atoms. The molecule has 0 fully saturated rings. The Morgan fingerprint density at radius 1 is 1.44 bits per heavy atom. The molecule has 6 heteroatoms. The van der Waals surface area contributed by atoms with Crippen molar-refractivity contribution in [3.05, 3.63) is 52.8 Å². The van der Waals surface area contributed by atoms with Gasteiger partial charge in [-0.1, -0.05) is 11.6 Å². The molecule has 0 spiro atoms. The molecular formula is C12H11ClN4O. The Bertz CT molecular complexity index is 559. The van der Waals surface area contributed by atoms with Gasteiger partial charge in [-0.25, -0.2) is 4.98 Å². The smallest absolute Gasteiger partial charge is 0.253 e. The minimum atomic E-state index is -0.197. The van der Waals surface area contributed by atoms with Crippen molar-refractivity contribution in [2.24, 2.45) is 0 Å². The summed E-state index contributed by atoms with van der Waals surface area (Å²) in [4.78, 5) is 23.8. The van der Waals surface area contributed by atoms with Crippen LogP contribution in [0.3, 0.4) is 0 Å². The summed E-state index contributed by atoms with van der Waals surface area (Å²) in [6.07, 6.45) is 4.66. The molecule has 0 saturated heterocycles. The number of rotatable bonds is 3. The lowest BCUT2D eigenvalue weighted by Gasteiger charge is -2.05. The zero-order chi connectivity index (χ0) is 13.0. The number of carbonyl (C=O) groups excluding carboxylic acids is 1. The Morgan fingerprint density at radius 2 is 2.28 bits per heavy atom. The molecule has 0 saturated carbocycles. The fraction of sp³-hybridized carbons (Fsp3) is 0.167. The fourth-order valence-electron chi connectivity index (χ4n) is 1.37. The number of hydrogen-bond acceptors (Lipinski definition) is 4. The number of nitrogens with one attached hydrogen (secondary N) is 1. The SMILES string of the molecule is Cc1nc(CNC(=O)c2cccnc2)cnc1Cl. The Hall–Kier alpha value is -2.01. The van der Waals surface area contributed by atoms with E-state index >= 15 is 0 Å². The van der Waals surface area contributed by atoms with E-state index in [-0.39, 0.29) is 5.91 Å². The van der Waals surface area contributed by atoms with Crippen molar-refractivity contribution >= 4 is 17.5 Å². The van der Waals surface area contributed by atoms with Gasteiger partial charge >= 0.3 is 0 Å². The van der Waals surface area contributed by atoms with Gasteiger partial charge in [0.25, 0.3) is 5.91 Å². The Labute approximate surface area is 109 Å². The van der Waals surface area contributed by atoms with Gasteiger partial charge in [0.2, 0.25) is 0 Å². The molecule has 2 heterocycles. The number of hydrogen-bond donors (Lipinski definition) is 1. The van der Waals surface area contributed by atoms with E-state index in [4.69, 9.17) is 11.6 Å². The van der Waals surface area contributed by atoms with Crippen LogP contribution >= 0.6 is 11.6 Å². The first-order chi connectivity index (χ1) is 8.66. The summed E-state index contributed by atoms with van der Waals surface area (Å²) >= 11 is 5.77. The van der Waals surface area contributed by atoms with Crippen LogP contribution in [0.25, 0.3) is 0 Å². The van der Waals surface area contributed by atoms with E-state index in [1.165, 1.54) is 6.20 Å². The number of aryl methyl sites for hydroxylation is 1. The minimum Gasteiger partial charge on any atom is -0.346 e. The lowest BCUT2D eigenvalue weighted by molar-refractivity contribution is 0.0950. The van der Waals surface area contributed by atoms with Crippen LogP contribution in [-0.4, -0.2) is 20.9 Å². The maximum Gasteiger partial charge on any atom is 0.253 e. The highest BCUT2D eigenvalue weighted by molar-refractivity contribution is 6.29. The van der Waals surface area contributed by atoms with Crippen LogP contribution < -0.4 is 5.32 Å². The molecule has 1 N–H and O–H groups in total. The van der Waals surface area contributed by atoms with E-state index in [9.17, 15) is 4.79 Å². The third-order valence-electron chi connectivity index (χ3n) is 2.29. The van der Waals surface area contributed by atoms with Gasteiger partial charge in [-0.05, 0) is 19.1 Å². The molecule has 92 valence electrons. The van der Waals surface area contributed by atoms with Crippen molar-refractivity contribution in [3.63, 3.8) is 0 Å². The molecular weight excluding hydrogens is 252 g/mol. The van der Waals surface area contributed by atoms with E-state index in [1.807, 2.05) is 0 Å². The molecule has 1 amide bonds. The molecule has 0 aliphatic heterocycles. The van der Waals surface area contributed by atoms with Crippen LogP contribution in [0.1, 0.15) is 21.7 Å². The molecule has 0 aliphatic carbocycles. The number of pyridine rings is 1. The quantitative estimate of drug-likeness (QED) is 0.915. The molecule has 18 heavy (non-hydrogen) atoms. The fourth-order valence-corrected chi connectivity index (χ4v) is 1.46. The van der Waals surface area contributed by atoms with Crippen molar-refractivity contribution in [1.29, 1.82) is 0 Å². The average molecular weight is 263 g/mol. The minimum absolute atomic E-state index is 0.197. The molecule has 0 atom stereocenters. The lowest BCUT2D eigenvalue weighted by atomic mass is 10.2. The Kier molecular flexibility index (Phi) is 3.84. The van der Waals surface area contributed by atoms with Crippen LogP contribution in [0.2, 0.25) is 5.15 Å². The Morgan fingerprint density at radius 3 is 2.94 bits per heavy atom. The number of halogens is 1. The monoisotopic (exact) mass is 262 g/mol. The summed E-state index contributed by atoms with van der Waals surface area (Å²) in [5.74, 6) is -0.197. The summed E-state index contributed by atoms with van der Waals surface area (Å²) in [6.45, 7) is 2.07. The summed E-state index contributed by atoms with van der Waals surface area (Å²) < 4.78 is 0. The normalized spacial score (nSPS) is 10.1. The maximum absolute atomic E-state index is 11.7. The largest absolute Gasteiger partial charge is 0.346 e. The van der Waals surface area contributed by atoms with Gasteiger partial charge in [0.1, 0.15) is 5.15 Å². The highest BCUT2D eigenvalue weighted by Crippen LogP contribution is 2.08. The molecule has 0 aliphatic rings.